The molecule has 0 aromatic heterocycles. The van der Waals surface area contributed by atoms with Gasteiger partial charge in [0.1, 0.15) is 0 Å². The molecule has 0 aliphatic carbocycles. The van der Waals surface area contributed by atoms with Gasteiger partial charge in [-0.1, -0.05) is 0 Å². The van der Waals surface area contributed by atoms with Gasteiger partial charge in [-0.2, -0.15) is 75.8 Å². The van der Waals surface area contributed by atoms with Crippen molar-refractivity contribution in [2.75, 3.05) is 71.5 Å². The molecule has 0 amide bonds. The zero-order valence-electron chi connectivity index (χ0n) is 18.1. The van der Waals surface area contributed by atoms with Crippen LogP contribution in [0.25, 0.3) is 0 Å². The maximum Gasteiger partial charge on any atom is 0.0809 e. The predicted molar refractivity (Wildman–Crippen MR) is 168 cm³/mol. The molecule has 3 nitrogen and oxygen atoms in total. The molecule has 0 unspecified atom stereocenters. The fourth-order valence-corrected chi connectivity index (χ4v) is 24.0. The largest absolute Gasteiger partial charge is 0.241 e. The van der Waals surface area contributed by atoms with E-state index in [-0.39, 0.29) is 0 Å². The van der Waals surface area contributed by atoms with E-state index in [1.807, 2.05) is 0 Å². The smallest absolute Gasteiger partial charge is 0.0809 e. The van der Waals surface area contributed by atoms with Crippen molar-refractivity contribution in [1.82, 2.24) is 0 Å². The fourth-order valence-electron chi connectivity index (χ4n) is 3.80. The first-order valence-electron chi connectivity index (χ1n) is 11.0. The SMILES string of the molecule is SCCCP1(CCCS)=NP(CCCS)(CCCS)=NP(CCCS)(CCCS)=N1. The van der Waals surface area contributed by atoms with Crippen LogP contribution in [0.5, 0.6) is 0 Å². The Morgan fingerprint density at radius 2 is 0.500 bits per heavy atom. The molecule has 0 fully saturated rings. The summed E-state index contributed by atoms with van der Waals surface area (Å²) in [6.45, 7) is 0. The van der Waals surface area contributed by atoms with Gasteiger partial charge in [0.05, 0.1) is 21.6 Å². The predicted octanol–water partition coefficient (Wildman–Crippen LogP) is 8.27. The summed E-state index contributed by atoms with van der Waals surface area (Å²) < 4.78 is 17.2. The first-order valence-corrected chi connectivity index (χ1v) is 21.0. The van der Waals surface area contributed by atoms with Gasteiger partial charge in [0.15, 0.2) is 0 Å². The lowest BCUT2D eigenvalue weighted by Crippen LogP contribution is -2.07. The zero-order valence-corrected chi connectivity index (χ0v) is 26.1. The molecule has 1 rings (SSSR count). The Bertz CT molecular complexity index is 507. The van der Waals surface area contributed by atoms with Crippen LogP contribution in [0.2, 0.25) is 0 Å². The summed E-state index contributed by atoms with van der Waals surface area (Å²) >= 11 is 27.2. The summed E-state index contributed by atoms with van der Waals surface area (Å²) in [7, 11) is -5.31. The molecule has 30 heavy (non-hydrogen) atoms. The Morgan fingerprint density at radius 3 is 0.633 bits per heavy atom. The number of hydrogen-bond donors (Lipinski definition) is 6. The number of hydrogen-bond acceptors (Lipinski definition) is 9. The maximum absolute atomic E-state index is 5.75. The van der Waals surface area contributed by atoms with Crippen molar-refractivity contribution in [3.8, 4) is 0 Å². The second kappa shape index (κ2) is 17.3. The van der Waals surface area contributed by atoms with Crippen LogP contribution in [0.3, 0.4) is 0 Å². The third kappa shape index (κ3) is 10.6. The second-order valence-electron chi connectivity index (χ2n) is 7.71. The first kappa shape index (κ1) is 30.8. The van der Waals surface area contributed by atoms with Gasteiger partial charge in [-0.25, -0.2) is 13.5 Å². The Hall–Kier alpha value is 2.79. The lowest BCUT2D eigenvalue weighted by atomic mass is 10.6. The molecule has 0 spiro atoms. The molecule has 1 aliphatic rings. The van der Waals surface area contributed by atoms with Crippen molar-refractivity contribution >= 4 is 97.4 Å². The van der Waals surface area contributed by atoms with Crippen LogP contribution in [0, 0.1) is 0 Å². The van der Waals surface area contributed by atoms with Gasteiger partial charge in [0.2, 0.25) is 0 Å². The summed E-state index contributed by atoms with van der Waals surface area (Å²) in [6.07, 6.45) is 13.2. The van der Waals surface area contributed by atoms with Crippen molar-refractivity contribution in [3.63, 3.8) is 0 Å². The molecule has 0 aromatic rings. The van der Waals surface area contributed by atoms with Crippen LogP contribution in [-0.2, 0) is 0 Å². The molecule has 1 heterocycles. The lowest BCUT2D eigenvalue weighted by Gasteiger charge is -2.38. The zero-order chi connectivity index (χ0) is 22.3. The minimum Gasteiger partial charge on any atom is -0.241 e. The molecular formula is C18H42N3P3S6. The van der Waals surface area contributed by atoms with Crippen LogP contribution in [0.1, 0.15) is 38.5 Å². The third-order valence-electron chi connectivity index (χ3n) is 5.04. The molecule has 0 saturated heterocycles. The molecular weight excluding hydrogens is 544 g/mol. The molecule has 0 N–H and O–H groups in total. The summed E-state index contributed by atoms with van der Waals surface area (Å²) in [5.41, 5.74) is 0. The van der Waals surface area contributed by atoms with E-state index in [9.17, 15) is 0 Å². The van der Waals surface area contributed by atoms with E-state index in [1.54, 1.807) is 0 Å². The molecule has 0 radical (unpaired) electrons. The van der Waals surface area contributed by atoms with E-state index in [0.717, 1.165) is 110 Å². The van der Waals surface area contributed by atoms with Crippen molar-refractivity contribution < 1.29 is 0 Å². The highest BCUT2D eigenvalue weighted by molar-refractivity contribution is 7.87. The van der Waals surface area contributed by atoms with Gasteiger partial charge in [-0.15, -0.1) is 0 Å². The fraction of sp³-hybridized carbons (Fsp3) is 1.00. The molecule has 0 saturated carbocycles. The van der Waals surface area contributed by atoms with Crippen molar-refractivity contribution in [2.24, 2.45) is 13.5 Å². The van der Waals surface area contributed by atoms with Crippen molar-refractivity contribution in [3.05, 3.63) is 0 Å². The normalized spacial score (nSPS) is 19.0. The Labute approximate surface area is 219 Å². The van der Waals surface area contributed by atoms with Crippen LogP contribution >= 0.6 is 97.4 Å². The van der Waals surface area contributed by atoms with Crippen molar-refractivity contribution in [2.45, 2.75) is 38.5 Å². The van der Waals surface area contributed by atoms with E-state index in [1.165, 1.54) is 0 Å². The third-order valence-corrected chi connectivity index (χ3v) is 21.1. The molecule has 1 aliphatic heterocycles. The monoisotopic (exact) mass is 585 g/mol. The van der Waals surface area contributed by atoms with Crippen LogP contribution in [-0.4, -0.2) is 71.5 Å². The Kier molecular flexibility index (Phi) is 17.7. The lowest BCUT2D eigenvalue weighted by molar-refractivity contribution is 1.03. The van der Waals surface area contributed by atoms with Gasteiger partial charge >= 0.3 is 0 Å². The standard InChI is InChI=1S/C18H42N3P3S6/c25-13-1-7-22(8-2-14-26)19-23(9-3-15-27,10-4-16-28)21-24(20-22,11-5-17-29)12-6-18-30/h25-30H,1-18H2. The summed E-state index contributed by atoms with van der Waals surface area (Å²) in [6, 6.07) is 0. The van der Waals surface area contributed by atoms with E-state index in [0.29, 0.717) is 0 Å². The number of thiol groups is 6. The minimum absolute atomic E-state index is 0.905. The van der Waals surface area contributed by atoms with Gasteiger partial charge in [-0.3, -0.25) is 0 Å². The van der Waals surface area contributed by atoms with E-state index in [4.69, 9.17) is 13.5 Å². The molecule has 0 aromatic carbocycles. The topological polar surface area (TPSA) is 37.1 Å². The minimum atomic E-state index is -1.77. The summed E-state index contributed by atoms with van der Waals surface area (Å²) in [5.74, 6) is 5.43. The molecule has 12 heteroatoms. The average molecular weight is 586 g/mol. The van der Waals surface area contributed by atoms with Crippen LogP contribution < -0.4 is 0 Å². The van der Waals surface area contributed by atoms with Crippen molar-refractivity contribution in [1.29, 1.82) is 0 Å². The summed E-state index contributed by atoms with van der Waals surface area (Å²) in [5, 5.41) is 0. The second-order valence-corrected chi connectivity index (χ2v) is 20.5. The van der Waals surface area contributed by atoms with Gasteiger partial charge in [-0.05, 0) is 73.0 Å². The quantitative estimate of drug-likeness (QED) is 0.0692. The Morgan fingerprint density at radius 1 is 0.333 bits per heavy atom. The van der Waals surface area contributed by atoms with E-state index >= 15 is 0 Å². The Balaban J connectivity index is 3.71. The van der Waals surface area contributed by atoms with E-state index < -0.39 is 21.6 Å². The highest BCUT2D eigenvalue weighted by atomic mass is 32.1. The summed E-state index contributed by atoms with van der Waals surface area (Å²) in [4.78, 5) is 0. The average Bonchev–Trinajstić information content (AvgIpc) is 2.76. The van der Waals surface area contributed by atoms with E-state index in [2.05, 4.69) is 75.8 Å². The highest BCUT2D eigenvalue weighted by Gasteiger charge is 2.35. The first-order chi connectivity index (χ1) is 14.5. The van der Waals surface area contributed by atoms with Crippen LogP contribution in [0.15, 0.2) is 13.5 Å². The van der Waals surface area contributed by atoms with Gasteiger partial charge < -0.3 is 0 Å². The van der Waals surface area contributed by atoms with Gasteiger partial charge in [0.25, 0.3) is 0 Å². The molecule has 0 atom stereocenters. The number of nitrogens with zero attached hydrogens (tertiary/aromatic N) is 3. The van der Waals surface area contributed by atoms with Gasteiger partial charge in [0, 0.05) is 37.0 Å². The number of rotatable bonds is 18. The molecule has 180 valence electrons. The maximum atomic E-state index is 5.75. The highest BCUT2D eigenvalue weighted by Crippen LogP contribution is 2.79. The van der Waals surface area contributed by atoms with Crippen LogP contribution in [0.4, 0.5) is 0 Å². The molecule has 0 bridgehead atoms.